The van der Waals surface area contributed by atoms with Crippen molar-refractivity contribution in [1.29, 1.82) is 10.7 Å². The van der Waals surface area contributed by atoms with Crippen LogP contribution in [0.1, 0.15) is 0 Å². The number of nitrogens with one attached hydrogen (secondary N) is 1. The van der Waals surface area contributed by atoms with Crippen molar-refractivity contribution in [1.82, 2.24) is 0 Å². The molecule has 0 aromatic rings. The molecule has 0 aromatic heterocycles. The molecule has 0 saturated heterocycles. The monoisotopic (exact) mass is 106 g/mol. The molecule has 32 valence electrons. The van der Waals surface area contributed by atoms with Gasteiger partial charge in [0.1, 0.15) is 0 Å². The van der Waals surface area contributed by atoms with Gasteiger partial charge in [-0.2, -0.15) is 0 Å². The summed E-state index contributed by atoms with van der Waals surface area (Å²) >= 11 is 0. The Morgan fingerprint density at radius 1 is 1.86 bits per heavy atom. The van der Waals surface area contributed by atoms with Crippen LogP contribution in [0.4, 0.5) is 0 Å². The second-order valence-electron chi connectivity index (χ2n) is 0.597. The molecule has 0 rings (SSSR count). The minimum atomic E-state index is -0.447. The van der Waals surface area contributed by atoms with Crippen LogP contribution in [-0.4, -0.2) is 5.96 Å². The van der Waals surface area contributed by atoms with E-state index in [0.717, 1.165) is 0 Å². The Morgan fingerprint density at radius 3 is 2.29 bits per heavy atom. The fraction of sp³-hybridized carbons (Fsp3) is 0. The van der Waals surface area contributed by atoms with Crippen molar-refractivity contribution in [2.24, 2.45) is 5.73 Å². The average molecular weight is 106 g/mol. The van der Waals surface area contributed by atoms with Gasteiger partial charge in [-0.1, -0.05) is 0 Å². The molecule has 3 N–H and O–H groups in total. The molecule has 0 aliphatic carbocycles. The molecule has 0 spiro atoms. The Labute approximate surface area is 63.5 Å². The second-order valence-corrected chi connectivity index (χ2v) is 0.597. The topological polar surface area (TPSA) is 87.8 Å². The number of nitrogens with zero attached hydrogens (tertiary/aromatic N) is 2. The zero-order valence-electron chi connectivity index (χ0n) is 3.97. The Bertz CT molecular complexity index is 92.4. The van der Waals surface area contributed by atoms with E-state index in [1.807, 2.05) is 0 Å². The van der Waals surface area contributed by atoms with Crippen LogP contribution >= 0.6 is 0 Å². The molecule has 0 saturated carbocycles. The van der Waals surface area contributed by atoms with Crippen molar-refractivity contribution in [3.05, 3.63) is 5.32 Å². The molecule has 5 heteroatoms. The number of nitriles is 1. The number of guanidine groups is 1. The zero-order chi connectivity index (χ0) is 4.99. The van der Waals surface area contributed by atoms with E-state index in [-0.39, 0.29) is 29.6 Å². The Kier molecular flexibility index (Phi) is 8.15. The van der Waals surface area contributed by atoms with Gasteiger partial charge >= 0.3 is 29.6 Å². The number of hydrogen-bond donors (Lipinski definition) is 2. The summed E-state index contributed by atoms with van der Waals surface area (Å²) in [6.07, 6.45) is 1.34. The molecule has 0 heterocycles. The van der Waals surface area contributed by atoms with Gasteiger partial charge in [-0.05, 0) is 0 Å². The molecule has 0 radical (unpaired) electrons. The van der Waals surface area contributed by atoms with Crippen LogP contribution in [0.15, 0.2) is 0 Å². The van der Waals surface area contributed by atoms with Crippen molar-refractivity contribution in [2.45, 2.75) is 0 Å². The Balaban J connectivity index is 0. The van der Waals surface area contributed by atoms with Crippen molar-refractivity contribution < 1.29 is 29.6 Å². The van der Waals surface area contributed by atoms with Crippen molar-refractivity contribution in [3.63, 3.8) is 0 Å². The van der Waals surface area contributed by atoms with Crippen LogP contribution in [0.2, 0.25) is 0 Å². The second kappa shape index (κ2) is 5.76. The largest absolute Gasteiger partial charge is 1.00 e. The molecule has 0 unspecified atom stereocenters. The molecule has 0 amide bonds. The van der Waals surface area contributed by atoms with E-state index in [4.69, 9.17) is 10.7 Å². The molecular weight excluding hydrogens is 103 g/mol. The van der Waals surface area contributed by atoms with Gasteiger partial charge in [-0.25, -0.2) is 0 Å². The third-order valence-corrected chi connectivity index (χ3v) is 0.170. The minimum absolute atomic E-state index is 0. The minimum Gasteiger partial charge on any atom is -0.432 e. The van der Waals surface area contributed by atoms with E-state index in [2.05, 4.69) is 11.1 Å². The summed E-state index contributed by atoms with van der Waals surface area (Å²) in [4.78, 5) is 0. The predicted octanol–water partition coefficient (Wildman–Crippen LogP) is -3.26. The van der Waals surface area contributed by atoms with Crippen LogP contribution in [-0.2, 0) is 0 Å². The summed E-state index contributed by atoms with van der Waals surface area (Å²) in [6.45, 7) is 0. The predicted molar refractivity (Wildman–Crippen MR) is 20.9 cm³/mol. The average Bonchev–Trinajstić information content (AvgIpc) is 1.35. The van der Waals surface area contributed by atoms with Crippen molar-refractivity contribution in [3.8, 4) is 6.19 Å². The smallest absolute Gasteiger partial charge is 0.432 e. The van der Waals surface area contributed by atoms with Gasteiger partial charge in [0.05, 0.1) is 12.2 Å². The number of hydrogen-bond acceptors (Lipinski definition) is 2. The SMILES string of the molecule is N#C[N-]C(=N)N.[Na+]. The maximum atomic E-state index is 7.60. The quantitative estimate of drug-likeness (QED) is 0.147. The van der Waals surface area contributed by atoms with E-state index in [1.54, 1.807) is 0 Å². The molecule has 0 aromatic carbocycles. The molecule has 4 nitrogen and oxygen atoms in total. The molecule has 7 heavy (non-hydrogen) atoms. The van der Waals surface area contributed by atoms with Gasteiger partial charge in [0.2, 0.25) is 0 Å². The summed E-state index contributed by atoms with van der Waals surface area (Å²) in [7, 11) is 0. The van der Waals surface area contributed by atoms with Gasteiger partial charge in [-0.15, -0.1) is 0 Å². The summed E-state index contributed by atoms with van der Waals surface area (Å²) in [5, 5.41) is 16.7. The summed E-state index contributed by atoms with van der Waals surface area (Å²) in [6, 6.07) is 0. The summed E-state index contributed by atoms with van der Waals surface area (Å²) in [5.74, 6) is -0.447. The standard InChI is InChI=1S/C2H3N4.Na/c3-1-6-2(4)5;/h(H3-,4,5,6);/q-1;+1. The van der Waals surface area contributed by atoms with E-state index >= 15 is 0 Å². The molecule has 0 aliphatic heterocycles. The van der Waals surface area contributed by atoms with Crippen LogP contribution in [0.3, 0.4) is 0 Å². The van der Waals surface area contributed by atoms with Gasteiger partial charge < -0.3 is 16.4 Å². The van der Waals surface area contributed by atoms with Gasteiger partial charge in [-0.3, -0.25) is 5.32 Å². The maximum Gasteiger partial charge on any atom is 1.00 e. The Morgan fingerprint density at radius 2 is 2.29 bits per heavy atom. The first-order valence-corrected chi connectivity index (χ1v) is 1.21. The molecule has 0 aliphatic rings. The van der Waals surface area contributed by atoms with E-state index < -0.39 is 5.96 Å². The van der Waals surface area contributed by atoms with Gasteiger partial charge in [0, 0.05) is 0 Å². The van der Waals surface area contributed by atoms with Gasteiger partial charge in [0.15, 0.2) is 0 Å². The summed E-state index contributed by atoms with van der Waals surface area (Å²) < 4.78 is 0. The summed E-state index contributed by atoms with van der Waals surface area (Å²) in [5.41, 5.74) is 4.60. The molecular formula is C2H3N4Na. The molecule has 0 atom stereocenters. The first-order chi connectivity index (χ1) is 2.77. The first-order valence-electron chi connectivity index (χ1n) is 1.21. The van der Waals surface area contributed by atoms with E-state index in [9.17, 15) is 0 Å². The zero-order valence-corrected chi connectivity index (χ0v) is 5.97. The van der Waals surface area contributed by atoms with E-state index in [0.29, 0.717) is 0 Å². The van der Waals surface area contributed by atoms with E-state index in [1.165, 1.54) is 6.19 Å². The third kappa shape index (κ3) is 10.7. The number of nitrogens with two attached hydrogens (primary N) is 1. The molecule has 0 fully saturated rings. The van der Waals surface area contributed by atoms with Crippen LogP contribution in [0.5, 0.6) is 0 Å². The normalized spacial score (nSPS) is 5.00. The Hall–Kier alpha value is -0.240. The third-order valence-electron chi connectivity index (χ3n) is 0.170. The van der Waals surface area contributed by atoms with Crippen LogP contribution in [0.25, 0.3) is 5.32 Å². The molecule has 0 bridgehead atoms. The fourth-order valence-electron chi connectivity index (χ4n) is 0.0539. The van der Waals surface area contributed by atoms with Crippen LogP contribution < -0.4 is 35.3 Å². The van der Waals surface area contributed by atoms with Crippen LogP contribution in [0, 0.1) is 16.9 Å². The maximum absolute atomic E-state index is 7.60. The van der Waals surface area contributed by atoms with Crippen molar-refractivity contribution in [2.75, 3.05) is 0 Å². The van der Waals surface area contributed by atoms with Gasteiger partial charge in [0.25, 0.3) is 0 Å². The fourth-order valence-corrected chi connectivity index (χ4v) is 0.0539. The van der Waals surface area contributed by atoms with Crippen molar-refractivity contribution >= 4 is 5.96 Å². The number of rotatable bonds is 0. The first kappa shape index (κ1) is 9.90.